The van der Waals surface area contributed by atoms with Gasteiger partial charge in [0.15, 0.2) is 11.5 Å². The number of ether oxygens (including phenoxy) is 2. The van der Waals surface area contributed by atoms with E-state index in [1.54, 1.807) is 20.3 Å². The summed E-state index contributed by atoms with van der Waals surface area (Å²) in [6.45, 7) is 1.97. The van der Waals surface area contributed by atoms with Crippen molar-refractivity contribution in [2.45, 2.75) is 11.8 Å². The number of methoxy groups -OCH3 is 2. The summed E-state index contributed by atoms with van der Waals surface area (Å²) in [5.74, 6) is 1.23. The number of hydrogen-bond donors (Lipinski definition) is 0. The maximum atomic E-state index is 6.39. The van der Waals surface area contributed by atoms with E-state index in [9.17, 15) is 0 Å². The molecule has 0 radical (unpaired) electrons. The molecule has 0 N–H and O–H groups in total. The number of hydrogen-bond acceptors (Lipinski definition) is 2. The van der Waals surface area contributed by atoms with Crippen molar-refractivity contribution < 1.29 is 9.47 Å². The third-order valence-corrected chi connectivity index (χ3v) is 5.10. The molecule has 2 nitrogen and oxygen atoms in total. The zero-order chi connectivity index (χ0) is 15.6. The highest BCUT2D eigenvalue weighted by Crippen LogP contribution is 2.43. The van der Waals surface area contributed by atoms with E-state index in [0.717, 1.165) is 21.7 Å². The Morgan fingerprint density at radius 1 is 1.00 bits per heavy atom. The van der Waals surface area contributed by atoms with Crippen LogP contribution in [0.5, 0.6) is 11.5 Å². The molecule has 21 heavy (non-hydrogen) atoms. The molecule has 2 aromatic carbocycles. The summed E-state index contributed by atoms with van der Waals surface area (Å²) >= 11 is 16.4. The minimum absolute atomic E-state index is 0.128. The molecule has 0 aromatic heterocycles. The smallest absolute Gasteiger partial charge is 0.162 e. The van der Waals surface area contributed by atoms with Gasteiger partial charge in [-0.2, -0.15) is 0 Å². The van der Waals surface area contributed by atoms with Gasteiger partial charge in [0, 0.05) is 16.1 Å². The zero-order valence-electron chi connectivity index (χ0n) is 11.9. The molecule has 2 rings (SSSR count). The van der Waals surface area contributed by atoms with E-state index >= 15 is 0 Å². The SMILES string of the molecule is COc1cc(Cl)c(C(Br)c2cccc(C)c2Cl)cc1OC. The Morgan fingerprint density at radius 3 is 2.24 bits per heavy atom. The second-order valence-electron chi connectivity index (χ2n) is 4.57. The predicted molar refractivity (Wildman–Crippen MR) is 91.5 cm³/mol. The highest BCUT2D eigenvalue weighted by Gasteiger charge is 2.20. The van der Waals surface area contributed by atoms with Crippen molar-refractivity contribution in [3.63, 3.8) is 0 Å². The molecule has 0 aliphatic carbocycles. The standard InChI is InChI=1S/C16H15BrCl2O2/c1-9-5-4-6-10(16(9)19)15(17)11-7-13(20-2)14(21-3)8-12(11)18/h4-8,15H,1-3H3. The summed E-state index contributed by atoms with van der Waals surface area (Å²) in [6.07, 6.45) is 0. The lowest BCUT2D eigenvalue weighted by Crippen LogP contribution is -1.99. The van der Waals surface area contributed by atoms with Crippen LogP contribution >= 0.6 is 39.1 Å². The first-order chi connectivity index (χ1) is 9.99. The third kappa shape index (κ3) is 3.31. The van der Waals surface area contributed by atoms with Gasteiger partial charge in [0.2, 0.25) is 0 Å². The second kappa shape index (κ2) is 6.91. The average Bonchev–Trinajstić information content (AvgIpc) is 2.49. The molecule has 0 fully saturated rings. The molecular weight excluding hydrogens is 375 g/mol. The van der Waals surface area contributed by atoms with Crippen LogP contribution in [-0.4, -0.2) is 14.2 Å². The lowest BCUT2D eigenvalue weighted by atomic mass is 10.0. The molecule has 0 bridgehead atoms. The van der Waals surface area contributed by atoms with Gasteiger partial charge in [-0.25, -0.2) is 0 Å². The van der Waals surface area contributed by atoms with Crippen LogP contribution in [0.1, 0.15) is 21.5 Å². The summed E-state index contributed by atoms with van der Waals surface area (Å²) in [6, 6.07) is 9.52. The Morgan fingerprint density at radius 2 is 1.62 bits per heavy atom. The molecule has 0 saturated heterocycles. The molecule has 0 aliphatic rings. The minimum Gasteiger partial charge on any atom is -0.493 e. The van der Waals surface area contributed by atoms with Crippen LogP contribution in [-0.2, 0) is 0 Å². The molecule has 2 aromatic rings. The van der Waals surface area contributed by atoms with E-state index in [-0.39, 0.29) is 4.83 Å². The quantitative estimate of drug-likeness (QED) is 0.615. The molecule has 0 spiro atoms. The predicted octanol–water partition coefficient (Wildman–Crippen LogP) is 5.80. The van der Waals surface area contributed by atoms with Gasteiger partial charge in [0.1, 0.15) is 0 Å². The first-order valence-electron chi connectivity index (χ1n) is 6.30. The van der Waals surface area contributed by atoms with Gasteiger partial charge >= 0.3 is 0 Å². The molecule has 0 saturated carbocycles. The normalized spacial score (nSPS) is 12.1. The van der Waals surface area contributed by atoms with E-state index in [1.165, 1.54) is 0 Å². The second-order valence-corrected chi connectivity index (χ2v) is 6.27. The topological polar surface area (TPSA) is 18.5 Å². The molecule has 5 heteroatoms. The number of aryl methyl sites for hydroxylation is 1. The lowest BCUT2D eigenvalue weighted by Gasteiger charge is -2.17. The van der Waals surface area contributed by atoms with Gasteiger partial charge in [0.25, 0.3) is 0 Å². The van der Waals surface area contributed by atoms with Gasteiger partial charge in [-0.1, -0.05) is 57.3 Å². The lowest BCUT2D eigenvalue weighted by molar-refractivity contribution is 0.354. The van der Waals surface area contributed by atoms with E-state index < -0.39 is 0 Å². The number of benzene rings is 2. The third-order valence-electron chi connectivity index (χ3n) is 3.27. The number of halogens is 3. The molecule has 1 atom stereocenters. The van der Waals surface area contributed by atoms with E-state index in [4.69, 9.17) is 32.7 Å². The van der Waals surface area contributed by atoms with Gasteiger partial charge in [-0.05, 0) is 29.7 Å². The first kappa shape index (κ1) is 16.5. The zero-order valence-corrected chi connectivity index (χ0v) is 15.0. The van der Waals surface area contributed by atoms with Crippen LogP contribution in [0.25, 0.3) is 0 Å². The molecule has 112 valence electrons. The molecule has 1 unspecified atom stereocenters. The Kier molecular flexibility index (Phi) is 5.42. The first-order valence-corrected chi connectivity index (χ1v) is 7.97. The van der Waals surface area contributed by atoms with Crippen molar-refractivity contribution in [3.05, 3.63) is 57.1 Å². The van der Waals surface area contributed by atoms with Crippen LogP contribution in [0.4, 0.5) is 0 Å². The Balaban J connectivity index is 2.53. The van der Waals surface area contributed by atoms with Gasteiger partial charge < -0.3 is 9.47 Å². The van der Waals surface area contributed by atoms with Crippen molar-refractivity contribution in [1.29, 1.82) is 0 Å². The molecule has 0 aliphatic heterocycles. The summed E-state index contributed by atoms with van der Waals surface area (Å²) < 4.78 is 10.6. The van der Waals surface area contributed by atoms with E-state index in [0.29, 0.717) is 16.5 Å². The largest absolute Gasteiger partial charge is 0.493 e. The van der Waals surface area contributed by atoms with Crippen LogP contribution in [0.15, 0.2) is 30.3 Å². The van der Waals surface area contributed by atoms with Gasteiger partial charge in [0.05, 0.1) is 19.0 Å². The summed E-state index contributed by atoms with van der Waals surface area (Å²) in [5, 5.41) is 1.32. The summed E-state index contributed by atoms with van der Waals surface area (Å²) in [7, 11) is 3.18. The fourth-order valence-electron chi connectivity index (χ4n) is 2.10. The molecule has 0 heterocycles. The number of rotatable bonds is 4. The van der Waals surface area contributed by atoms with Crippen LogP contribution < -0.4 is 9.47 Å². The van der Waals surface area contributed by atoms with Crippen LogP contribution in [0.2, 0.25) is 10.0 Å². The summed E-state index contributed by atoms with van der Waals surface area (Å²) in [5.41, 5.74) is 2.86. The maximum absolute atomic E-state index is 6.39. The van der Waals surface area contributed by atoms with Crippen LogP contribution in [0, 0.1) is 6.92 Å². The Labute approximate surface area is 143 Å². The summed E-state index contributed by atoms with van der Waals surface area (Å²) in [4.78, 5) is -0.128. The fourth-order valence-corrected chi connectivity index (χ4v) is 3.62. The minimum atomic E-state index is -0.128. The number of alkyl halides is 1. The fraction of sp³-hybridized carbons (Fsp3) is 0.250. The van der Waals surface area contributed by atoms with Crippen molar-refractivity contribution in [2.24, 2.45) is 0 Å². The van der Waals surface area contributed by atoms with Crippen molar-refractivity contribution in [2.75, 3.05) is 14.2 Å². The maximum Gasteiger partial charge on any atom is 0.162 e. The van der Waals surface area contributed by atoms with Gasteiger partial charge in [-0.3, -0.25) is 0 Å². The van der Waals surface area contributed by atoms with E-state index in [1.807, 2.05) is 31.2 Å². The monoisotopic (exact) mass is 388 g/mol. The van der Waals surface area contributed by atoms with E-state index in [2.05, 4.69) is 15.9 Å². The molecular formula is C16H15BrCl2O2. The van der Waals surface area contributed by atoms with Crippen molar-refractivity contribution in [3.8, 4) is 11.5 Å². The van der Waals surface area contributed by atoms with Crippen LogP contribution in [0.3, 0.4) is 0 Å². The van der Waals surface area contributed by atoms with Gasteiger partial charge in [-0.15, -0.1) is 0 Å². The van der Waals surface area contributed by atoms with Crippen molar-refractivity contribution in [1.82, 2.24) is 0 Å². The Bertz CT molecular complexity index is 659. The highest BCUT2D eigenvalue weighted by molar-refractivity contribution is 9.09. The molecule has 0 amide bonds. The average molecular weight is 390 g/mol. The highest BCUT2D eigenvalue weighted by atomic mass is 79.9. The Hall–Kier alpha value is -0.900. The van der Waals surface area contributed by atoms with Crippen molar-refractivity contribution >= 4 is 39.1 Å².